The van der Waals surface area contributed by atoms with Crippen molar-refractivity contribution in [1.82, 2.24) is 9.88 Å². The van der Waals surface area contributed by atoms with Gasteiger partial charge >= 0.3 is 13.9 Å². The van der Waals surface area contributed by atoms with Gasteiger partial charge in [-0.05, 0) is 6.07 Å². The third-order valence-electron chi connectivity index (χ3n) is 2.75. The maximum Gasteiger partial charge on any atom is 0.472 e. The molecule has 0 fully saturated rings. The van der Waals surface area contributed by atoms with Crippen LogP contribution in [0.5, 0.6) is 0 Å². The highest BCUT2D eigenvalue weighted by Crippen LogP contribution is 2.35. The molecular formula is C12H18N3O8P. The first-order valence-corrected chi connectivity index (χ1v) is 8.16. The average molecular weight is 363 g/mol. The smallest absolute Gasteiger partial charge is 0.422 e. The van der Waals surface area contributed by atoms with E-state index < -0.39 is 20.7 Å². The lowest BCUT2D eigenvalue weighted by atomic mass is 10.2. The van der Waals surface area contributed by atoms with Gasteiger partial charge in [-0.3, -0.25) is 4.79 Å². The van der Waals surface area contributed by atoms with E-state index in [-0.39, 0.29) is 19.7 Å². The van der Waals surface area contributed by atoms with Crippen LogP contribution in [-0.4, -0.2) is 64.3 Å². The summed E-state index contributed by atoms with van der Waals surface area (Å²) in [5.41, 5.74) is 0.508. The van der Waals surface area contributed by atoms with Crippen LogP contribution < -0.4 is 4.90 Å². The van der Waals surface area contributed by atoms with Crippen LogP contribution in [0.2, 0.25) is 0 Å². The molecule has 0 aliphatic carbocycles. The van der Waals surface area contributed by atoms with Crippen molar-refractivity contribution in [3.8, 4) is 0 Å². The van der Waals surface area contributed by atoms with E-state index in [1.165, 1.54) is 18.1 Å². The van der Waals surface area contributed by atoms with Gasteiger partial charge in [-0.15, -0.1) is 0 Å². The molecule has 1 aromatic heterocycles. The van der Waals surface area contributed by atoms with Crippen LogP contribution in [0.1, 0.15) is 5.56 Å². The molecule has 0 aliphatic heterocycles. The topological polar surface area (TPSA) is 150 Å². The van der Waals surface area contributed by atoms with Crippen molar-refractivity contribution in [2.75, 3.05) is 31.9 Å². The van der Waals surface area contributed by atoms with Crippen molar-refractivity contribution in [3.05, 3.63) is 23.9 Å². The van der Waals surface area contributed by atoms with Crippen molar-refractivity contribution in [3.63, 3.8) is 0 Å². The van der Waals surface area contributed by atoms with E-state index in [1.54, 1.807) is 12.1 Å². The van der Waals surface area contributed by atoms with E-state index in [0.29, 0.717) is 17.8 Å². The van der Waals surface area contributed by atoms with Gasteiger partial charge in [0.05, 0.1) is 13.2 Å². The third kappa shape index (κ3) is 6.60. The Balaban J connectivity index is 2.81. The number of amides is 2. The molecule has 0 saturated heterocycles. The quantitative estimate of drug-likeness (QED) is 0.304. The van der Waals surface area contributed by atoms with Crippen LogP contribution in [-0.2, 0) is 25.2 Å². The molecule has 0 bridgehead atoms. The molecule has 0 spiro atoms. The van der Waals surface area contributed by atoms with Crippen molar-refractivity contribution in [2.24, 2.45) is 0 Å². The Morgan fingerprint density at radius 3 is 2.75 bits per heavy atom. The largest absolute Gasteiger partial charge is 0.472 e. The maximum atomic E-state index is 11.9. The Bertz CT molecular complexity index is 608. The summed E-state index contributed by atoms with van der Waals surface area (Å²) in [4.78, 5) is 46.2. The second kappa shape index (κ2) is 9.30. The minimum absolute atomic E-state index is 0.0450. The van der Waals surface area contributed by atoms with Gasteiger partial charge in [-0.2, -0.15) is 0 Å². The molecule has 0 radical (unpaired) electrons. The second-order valence-corrected chi connectivity index (χ2v) is 5.73. The van der Waals surface area contributed by atoms with Gasteiger partial charge in [0.2, 0.25) is 13.2 Å². The molecule has 1 aromatic rings. The highest BCUT2D eigenvalue weighted by molar-refractivity contribution is 7.46. The number of aromatic nitrogens is 1. The number of phosphoric acid groups is 1. The minimum atomic E-state index is -4.76. The number of carbonyl (C=O) groups excluding carboxylic acids is 2. The van der Waals surface area contributed by atoms with Crippen molar-refractivity contribution < 1.29 is 38.3 Å². The van der Waals surface area contributed by atoms with Gasteiger partial charge < -0.3 is 29.4 Å². The monoisotopic (exact) mass is 363 g/mol. The number of pyridine rings is 1. The molecule has 12 heteroatoms. The lowest BCUT2D eigenvalue weighted by Gasteiger charge is -2.23. The summed E-state index contributed by atoms with van der Waals surface area (Å²) in [6, 6.07) is 3.24. The van der Waals surface area contributed by atoms with Crippen LogP contribution in [0.3, 0.4) is 0 Å². The van der Waals surface area contributed by atoms with Gasteiger partial charge in [0.15, 0.2) is 0 Å². The van der Waals surface area contributed by atoms with E-state index in [4.69, 9.17) is 14.9 Å². The van der Waals surface area contributed by atoms with E-state index in [2.05, 4.69) is 14.2 Å². The van der Waals surface area contributed by atoms with Crippen molar-refractivity contribution >= 4 is 26.1 Å². The van der Waals surface area contributed by atoms with Gasteiger partial charge in [-0.1, -0.05) is 6.07 Å². The maximum absolute atomic E-state index is 11.9. The van der Waals surface area contributed by atoms with E-state index >= 15 is 0 Å². The predicted molar refractivity (Wildman–Crippen MR) is 80.7 cm³/mol. The SMILES string of the molecule is CN(C=O)c1ncccc1CN(CCO)C(=O)OCOP(=O)(O)O. The first kappa shape index (κ1) is 20.0. The molecule has 0 atom stereocenters. The summed E-state index contributed by atoms with van der Waals surface area (Å²) in [5.74, 6) is 0.315. The molecule has 0 aromatic carbocycles. The second-order valence-electron chi connectivity index (χ2n) is 4.50. The number of anilines is 1. The van der Waals surface area contributed by atoms with Gasteiger partial charge in [0.1, 0.15) is 5.82 Å². The number of carbonyl (C=O) groups is 2. The number of aliphatic hydroxyl groups is 1. The Morgan fingerprint density at radius 2 is 2.17 bits per heavy atom. The summed E-state index contributed by atoms with van der Waals surface area (Å²) in [7, 11) is -3.27. The molecule has 11 nitrogen and oxygen atoms in total. The number of hydrogen-bond acceptors (Lipinski definition) is 7. The Morgan fingerprint density at radius 1 is 1.46 bits per heavy atom. The Hall–Kier alpha value is -2.04. The van der Waals surface area contributed by atoms with E-state index in [0.717, 1.165) is 4.90 Å². The van der Waals surface area contributed by atoms with Crippen LogP contribution >= 0.6 is 7.82 Å². The highest BCUT2D eigenvalue weighted by atomic mass is 31.2. The fraction of sp³-hybridized carbons (Fsp3) is 0.417. The highest BCUT2D eigenvalue weighted by Gasteiger charge is 2.20. The number of phosphoric ester groups is 1. The minimum Gasteiger partial charge on any atom is -0.422 e. The fourth-order valence-corrected chi connectivity index (χ4v) is 1.91. The molecule has 0 aliphatic rings. The summed E-state index contributed by atoms with van der Waals surface area (Å²) in [6.07, 6.45) is 1.07. The molecule has 0 saturated carbocycles. The first-order chi connectivity index (χ1) is 11.3. The summed E-state index contributed by atoms with van der Waals surface area (Å²) in [6.45, 7) is -1.46. The zero-order chi connectivity index (χ0) is 18.2. The Labute approximate surface area is 137 Å². The zero-order valence-electron chi connectivity index (χ0n) is 12.8. The van der Waals surface area contributed by atoms with Crippen LogP contribution in [0.15, 0.2) is 18.3 Å². The number of rotatable bonds is 9. The zero-order valence-corrected chi connectivity index (χ0v) is 13.7. The van der Waals surface area contributed by atoms with Crippen molar-refractivity contribution in [2.45, 2.75) is 6.54 Å². The van der Waals surface area contributed by atoms with Gasteiger partial charge in [-0.25, -0.2) is 18.9 Å². The molecule has 3 N–H and O–H groups in total. The lowest BCUT2D eigenvalue weighted by molar-refractivity contribution is -0.107. The lowest BCUT2D eigenvalue weighted by Crippen LogP contribution is -2.34. The van der Waals surface area contributed by atoms with E-state index in [9.17, 15) is 14.2 Å². The van der Waals surface area contributed by atoms with Crippen LogP contribution in [0.25, 0.3) is 0 Å². The molecule has 1 rings (SSSR count). The van der Waals surface area contributed by atoms with Crippen LogP contribution in [0, 0.1) is 0 Å². The third-order valence-corrected chi connectivity index (χ3v) is 3.19. The number of aliphatic hydroxyl groups excluding tert-OH is 1. The Kier molecular flexibility index (Phi) is 7.75. The summed E-state index contributed by atoms with van der Waals surface area (Å²) in [5, 5.41) is 9.06. The standard InChI is InChI=1S/C12H18N3O8P/c1-14(8-17)11-10(3-2-4-13-11)7-15(5-6-16)12(18)22-9-23-24(19,20)21/h2-4,8,16H,5-7,9H2,1H3,(H2,19,20,21). The van der Waals surface area contributed by atoms with Crippen molar-refractivity contribution in [1.29, 1.82) is 0 Å². The number of nitrogens with zero attached hydrogens (tertiary/aromatic N) is 3. The molecule has 2 amide bonds. The fourth-order valence-electron chi connectivity index (χ4n) is 1.72. The molecule has 1 heterocycles. The van der Waals surface area contributed by atoms with Crippen LogP contribution in [0.4, 0.5) is 10.6 Å². The molecular weight excluding hydrogens is 345 g/mol. The predicted octanol–water partition coefficient (Wildman–Crippen LogP) is -0.328. The van der Waals surface area contributed by atoms with Gasteiger partial charge in [0.25, 0.3) is 0 Å². The number of ether oxygens (including phenoxy) is 1. The summed E-state index contributed by atoms with van der Waals surface area (Å²) >= 11 is 0. The molecule has 0 unspecified atom stereocenters. The number of hydrogen-bond donors (Lipinski definition) is 3. The molecule has 24 heavy (non-hydrogen) atoms. The van der Waals surface area contributed by atoms with E-state index in [1.807, 2.05) is 0 Å². The molecule has 134 valence electrons. The normalized spacial score (nSPS) is 11.0. The average Bonchev–Trinajstić information content (AvgIpc) is 2.53. The van der Waals surface area contributed by atoms with Gasteiger partial charge in [0, 0.05) is 25.4 Å². The first-order valence-electron chi connectivity index (χ1n) is 6.63. The summed E-state index contributed by atoms with van der Waals surface area (Å²) < 4.78 is 19.1.